The number of aromatic nitrogens is 1. The number of nitrogens with one attached hydrogen (secondary N) is 1. The zero-order chi connectivity index (χ0) is 12.3. The maximum atomic E-state index is 13.1. The fraction of sp³-hybridized carbons (Fsp3) is 0.429. The smallest absolute Gasteiger partial charge is 0.123 e. The molecule has 1 aromatic carbocycles. The molecule has 88 valence electrons. The van der Waals surface area contributed by atoms with Crippen molar-refractivity contribution in [2.75, 3.05) is 0 Å². The minimum Gasteiger partial charge on any atom is -0.361 e. The van der Waals surface area contributed by atoms with Gasteiger partial charge in [-0.1, -0.05) is 34.6 Å². The Labute approximate surface area is 96.7 Å². The van der Waals surface area contributed by atoms with E-state index in [-0.39, 0.29) is 11.2 Å². The molecular weight excluding hydrogens is 201 g/mol. The highest BCUT2D eigenvalue weighted by Gasteiger charge is 2.18. The summed E-state index contributed by atoms with van der Waals surface area (Å²) in [4.78, 5) is 3.16. The molecule has 0 aliphatic carbocycles. The third-order valence-electron chi connectivity index (χ3n) is 2.45. The molecule has 1 aromatic heterocycles. The van der Waals surface area contributed by atoms with E-state index in [0.29, 0.717) is 0 Å². The SMILES string of the molecule is CC.CC(C)(C)c1c[nH]c2ccc(F)cc12. The van der Waals surface area contributed by atoms with Gasteiger partial charge in [0, 0.05) is 17.1 Å². The Kier molecular flexibility index (Phi) is 3.74. The van der Waals surface area contributed by atoms with Gasteiger partial charge in [0.1, 0.15) is 5.82 Å². The number of rotatable bonds is 0. The number of halogens is 1. The van der Waals surface area contributed by atoms with E-state index >= 15 is 0 Å². The zero-order valence-corrected chi connectivity index (χ0v) is 10.7. The number of hydrogen-bond donors (Lipinski definition) is 1. The molecule has 2 rings (SSSR count). The van der Waals surface area contributed by atoms with Crippen molar-refractivity contribution in [2.24, 2.45) is 0 Å². The lowest BCUT2D eigenvalue weighted by molar-refractivity contribution is 0.594. The topological polar surface area (TPSA) is 15.8 Å². The van der Waals surface area contributed by atoms with Crippen molar-refractivity contribution in [3.8, 4) is 0 Å². The van der Waals surface area contributed by atoms with Crippen molar-refractivity contribution in [2.45, 2.75) is 40.0 Å². The molecule has 0 unspecified atom stereocenters. The first-order valence-corrected chi connectivity index (χ1v) is 5.75. The van der Waals surface area contributed by atoms with E-state index < -0.39 is 0 Å². The number of H-pyrrole nitrogens is 1. The standard InChI is InChI=1S/C12H14FN.C2H6/c1-12(2,3)10-7-14-11-5-4-8(13)6-9(10)11;1-2/h4-7,14H,1-3H3;1-2H3. The molecule has 0 saturated heterocycles. The van der Waals surface area contributed by atoms with Crippen LogP contribution in [0.25, 0.3) is 10.9 Å². The highest BCUT2D eigenvalue weighted by atomic mass is 19.1. The van der Waals surface area contributed by atoms with Gasteiger partial charge in [-0.05, 0) is 29.2 Å². The summed E-state index contributed by atoms with van der Waals surface area (Å²) < 4.78 is 13.1. The van der Waals surface area contributed by atoms with Gasteiger partial charge >= 0.3 is 0 Å². The lowest BCUT2D eigenvalue weighted by Crippen LogP contribution is -2.09. The van der Waals surface area contributed by atoms with Crippen LogP contribution in [0.4, 0.5) is 4.39 Å². The Morgan fingerprint density at radius 3 is 2.31 bits per heavy atom. The molecular formula is C14H20FN. The third-order valence-corrected chi connectivity index (χ3v) is 2.45. The van der Waals surface area contributed by atoms with Crippen LogP contribution in [0.5, 0.6) is 0 Å². The van der Waals surface area contributed by atoms with Crippen LogP contribution in [0.3, 0.4) is 0 Å². The van der Waals surface area contributed by atoms with Gasteiger partial charge in [0.15, 0.2) is 0 Å². The van der Waals surface area contributed by atoms with E-state index in [0.717, 1.165) is 16.5 Å². The molecule has 16 heavy (non-hydrogen) atoms. The average Bonchev–Trinajstić information content (AvgIpc) is 2.63. The van der Waals surface area contributed by atoms with Crippen LogP contribution < -0.4 is 0 Å². The Balaban J connectivity index is 0.000000606. The lowest BCUT2D eigenvalue weighted by Gasteiger charge is -2.17. The molecule has 0 spiro atoms. The van der Waals surface area contributed by atoms with Crippen molar-refractivity contribution in [3.63, 3.8) is 0 Å². The molecule has 2 heteroatoms. The highest BCUT2D eigenvalue weighted by molar-refractivity contribution is 5.84. The lowest BCUT2D eigenvalue weighted by atomic mass is 9.87. The second-order valence-corrected chi connectivity index (χ2v) is 4.64. The Hall–Kier alpha value is -1.31. The van der Waals surface area contributed by atoms with E-state index in [1.54, 1.807) is 12.1 Å². The summed E-state index contributed by atoms with van der Waals surface area (Å²) in [5.41, 5.74) is 2.20. The molecule has 0 bridgehead atoms. The molecule has 0 aliphatic rings. The number of benzene rings is 1. The van der Waals surface area contributed by atoms with Gasteiger partial charge in [-0.2, -0.15) is 0 Å². The van der Waals surface area contributed by atoms with Crippen LogP contribution in [0.1, 0.15) is 40.2 Å². The van der Waals surface area contributed by atoms with Crippen LogP contribution in [0, 0.1) is 5.82 Å². The van der Waals surface area contributed by atoms with Gasteiger partial charge in [-0.15, -0.1) is 0 Å². The largest absolute Gasteiger partial charge is 0.361 e. The van der Waals surface area contributed by atoms with Crippen LogP contribution in [-0.4, -0.2) is 4.98 Å². The fourth-order valence-electron chi connectivity index (χ4n) is 1.71. The summed E-state index contributed by atoms with van der Waals surface area (Å²) in [6.07, 6.45) is 1.96. The maximum Gasteiger partial charge on any atom is 0.123 e. The maximum absolute atomic E-state index is 13.1. The van der Waals surface area contributed by atoms with E-state index in [9.17, 15) is 4.39 Å². The minimum atomic E-state index is -0.178. The third kappa shape index (κ3) is 2.43. The van der Waals surface area contributed by atoms with Gasteiger partial charge in [0.2, 0.25) is 0 Å². The van der Waals surface area contributed by atoms with Crippen LogP contribution >= 0.6 is 0 Å². The summed E-state index contributed by atoms with van der Waals surface area (Å²) in [5, 5.41) is 0.984. The Bertz CT molecular complexity index is 463. The summed E-state index contributed by atoms with van der Waals surface area (Å²) in [7, 11) is 0. The predicted octanol–water partition coefficient (Wildman–Crippen LogP) is 4.63. The summed E-state index contributed by atoms with van der Waals surface area (Å²) >= 11 is 0. The molecule has 0 saturated carbocycles. The quantitative estimate of drug-likeness (QED) is 0.667. The zero-order valence-electron chi connectivity index (χ0n) is 10.7. The monoisotopic (exact) mass is 221 g/mol. The molecule has 0 atom stereocenters. The van der Waals surface area contributed by atoms with E-state index in [4.69, 9.17) is 0 Å². The Morgan fingerprint density at radius 2 is 1.75 bits per heavy atom. The highest BCUT2D eigenvalue weighted by Crippen LogP contribution is 2.30. The van der Waals surface area contributed by atoms with E-state index in [2.05, 4.69) is 25.8 Å². The van der Waals surface area contributed by atoms with Crippen molar-refractivity contribution in [3.05, 3.63) is 35.8 Å². The molecule has 0 radical (unpaired) electrons. The van der Waals surface area contributed by atoms with Gasteiger partial charge < -0.3 is 4.98 Å². The average molecular weight is 221 g/mol. The van der Waals surface area contributed by atoms with Crippen LogP contribution in [0.2, 0.25) is 0 Å². The van der Waals surface area contributed by atoms with Gasteiger partial charge in [0.05, 0.1) is 0 Å². The molecule has 1 heterocycles. The molecule has 1 nitrogen and oxygen atoms in total. The molecule has 0 fully saturated rings. The first-order chi connectivity index (χ1) is 7.48. The Morgan fingerprint density at radius 1 is 1.12 bits per heavy atom. The predicted molar refractivity (Wildman–Crippen MR) is 68.3 cm³/mol. The van der Waals surface area contributed by atoms with Gasteiger partial charge in [-0.25, -0.2) is 4.39 Å². The van der Waals surface area contributed by atoms with E-state index in [1.165, 1.54) is 6.07 Å². The second-order valence-electron chi connectivity index (χ2n) is 4.64. The minimum absolute atomic E-state index is 0.0477. The normalized spacial score (nSPS) is 11.1. The second kappa shape index (κ2) is 4.69. The van der Waals surface area contributed by atoms with Gasteiger partial charge in [-0.3, -0.25) is 0 Å². The molecule has 0 amide bonds. The summed E-state index contributed by atoms with van der Waals surface area (Å²) in [6.45, 7) is 10.4. The first-order valence-electron chi connectivity index (χ1n) is 5.75. The summed E-state index contributed by atoms with van der Waals surface area (Å²) in [6, 6.07) is 4.84. The fourth-order valence-corrected chi connectivity index (χ4v) is 1.71. The molecule has 2 aromatic rings. The number of hydrogen-bond acceptors (Lipinski definition) is 0. The van der Waals surface area contributed by atoms with Crippen LogP contribution in [0.15, 0.2) is 24.4 Å². The number of aromatic amines is 1. The first kappa shape index (κ1) is 12.8. The van der Waals surface area contributed by atoms with E-state index in [1.807, 2.05) is 20.0 Å². The van der Waals surface area contributed by atoms with Crippen molar-refractivity contribution in [1.82, 2.24) is 4.98 Å². The van der Waals surface area contributed by atoms with Crippen molar-refractivity contribution >= 4 is 10.9 Å². The van der Waals surface area contributed by atoms with Gasteiger partial charge in [0.25, 0.3) is 0 Å². The van der Waals surface area contributed by atoms with Crippen molar-refractivity contribution in [1.29, 1.82) is 0 Å². The number of fused-ring (bicyclic) bond motifs is 1. The summed E-state index contributed by atoms with van der Waals surface area (Å²) in [5.74, 6) is -0.178. The van der Waals surface area contributed by atoms with Crippen LogP contribution in [-0.2, 0) is 5.41 Å². The molecule has 0 aliphatic heterocycles. The molecule has 1 N–H and O–H groups in total. The van der Waals surface area contributed by atoms with Crippen molar-refractivity contribution < 1.29 is 4.39 Å².